The van der Waals surface area contributed by atoms with Crippen LogP contribution in [0.4, 0.5) is 0 Å². The van der Waals surface area contributed by atoms with Crippen molar-refractivity contribution in [3.8, 4) is 0 Å². The number of rotatable bonds is 5. The number of nitrogens with one attached hydrogen (secondary N) is 2. The lowest BCUT2D eigenvalue weighted by molar-refractivity contribution is -0.125. The highest BCUT2D eigenvalue weighted by Crippen LogP contribution is 2.23. The summed E-state index contributed by atoms with van der Waals surface area (Å²) in [6.45, 7) is 0.705. The Morgan fingerprint density at radius 1 is 1.43 bits per heavy atom. The monoisotopic (exact) mass is 324 g/mol. The topological polar surface area (TPSA) is 70.7 Å². The summed E-state index contributed by atoms with van der Waals surface area (Å²) in [7, 11) is 0. The van der Waals surface area contributed by atoms with E-state index in [1.54, 1.807) is 11.3 Å². The summed E-state index contributed by atoms with van der Waals surface area (Å²) in [5.74, 6) is 0.159. The van der Waals surface area contributed by atoms with E-state index in [9.17, 15) is 4.79 Å². The van der Waals surface area contributed by atoms with Crippen LogP contribution < -0.4 is 5.32 Å². The van der Waals surface area contributed by atoms with Gasteiger partial charge in [0.2, 0.25) is 5.91 Å². The van der Waals surface area contributed by atoms with Gasteiger partial charge in [-0.2, -0.15) is 15.4 Å². The van der Waals surface area contributed by atoms with Gasteiger partial charge in [0.15, 0.2) is 0 Å². The lowest BCUT2D eigenvalue weighted by atomic mass is 9.89. The molecule has 0 unspecified atom stereocenters. The maximum atomic E-state index is 12.2. The fourth-order valence-corrected chi connectivity index (χ4v) is 3.74. The second-order valence-electron chi connectivity index (χ2n) is 5.26. The van der Waals surface area contributed by atoms with Crippen molar-refractivity contribution in [2.75, 3.05) is 6.54 Å². The molecule has 5 nitrogen and oxygen atoms in total. The lowest BCUT2D eigenvalue weighted by Crippen LogP contribution is -2.34. The molecule has 1 aliphatic rings. The Morgan fingerprint density at radius 3 is 3.10 bits per heavy atom. The largest absolute Gasteiger partial charge is 0.356 e. The molecular formula is C14H17ClN4OS. The van der Waals surface area contributed by atoms with Crippen molar-refractivity contribution < 1.29 is 4.79 Å². The Labute approximate surface area is 132 Å². The van der Waals surface area contributed by atoms with Crippen molar-refractivity contribution in [3.05, 3.63) is 32.7 Å². The molecule has 3 rings (SSSR count). The highest BCUT2D eigenvalue weighted by Gasteiger charge is 2.26. The zero-order chi connectivity index (χ0) is 14.7. The van der Waals surface area contributed by atoms with Crippen LogP contribution >= 0.6 is 22.9 Å². The Bertz CT molecular complexity index is 624. The lowest BCUT2D eigenvalue weighted by Gasteiger charge is -2.19. The van der Waals surface area contributed by atoms with Crippen molar-refractivity contribution in [1.29, 1.82) is 0 Å². The number of fused-ring (bicyclic) bond motifs is 1. The third kappa shape index (κ3) is 3.63. The number of aromatic amines is 1. The SMILES string of the molecule is O=C(NCCCc1ccc(Cl)s1)[C@H]1CCc2n[nH]nc2C1. The minimum absolute atomic E-state index is 0.0267. The molecule has 0 aromatic carbocycles. The van der Waals surface area contributed by atoms with Crippen LogP contribution in [0, 0.1) is 5.92 Å². The number of aryl methyl sites for hydroxylation is 2. The van der Waals surface area contributed by atoms with E-state index in [4.69, 9.17) is 11.6 Å². The number of nitrogens with zero attached hydrogens (tertiary/aromatic N) is 2. The molecule has 0 saturated carbocycles. The van der Waals surface area contributed by atoms with E-state index in [0.29, 0.717) is 13.0 Å². The molecule has 1 amide bonds. The predicted octanol–water partition coefficient (Wildman–Crippen LogP) is 2.37. The number of hydrogen-bond acceptors (Lipinski definition) is 4. The number of carbonyl (C=O) groups excluding carboxylic acids is 1. The molecule has 0 spiro atoms. The summed E-state index contributed by atoms with van der Waals surface area (Å²) in [4.78, 5) is 13.4. The molecular weight excluding hydrogens is 308 g/mol. The van der Waals surface area contributed by atoms with Crippen LogP contribution in [0.3, 0.4) is 0 Å². The maximum absolute atomic E-state index is 12.2. The van der Waals surface area contributed by atoms with Crippen LogP contribution in [0.1, 0.15) is 29.1 Å². The normalized spacial score (nSPS) is 17.5. The van der Waals surface area contributed by atoms with E-state index < -0.39 is 0 Å². The smallest absolute Gasteiger partial charge is 0.223 e. The molecule has 0 aliphatic heterocycles. The highest BCUT2D eigenvalue weighted by atomic mass is 35.5. The number of thiophene rings is 1. The number of amides is 1. The van der Waals surface area contributed by atoms with Gasteiger partial charge in [0.1, 0.15) is 0 Å². The first kappa shape index (κ1) is 14.5. The molecule has 0 radical (unpaired) electrons. The third-order valence-electron chi connectivity index (χ3n) is 3.77. The van der Waals surface area contributed by atoms with Gasteiger partial charge in [-0.15, -0.1) is 11.3 Å². The van der Waals surface area contributed by atoms with Gasteiger partial charge in [-0.3, -0.25) is 4.79 Å². The van der Waals surface area contributed by atoms with Gasteiger partial charge in [0.05, 0.1) is 15.7 Å². The summed E-state index contributed by atoms with van der Waals surface area (Å²) < 4.78 is 0.819. The Morgan fingerprint density at radius 2 is 2.29 bits per heavy atom. The van der Waals surface area contributed by atoms with E-state index in [0.717, 1.165) is 41.4 Å². The number of carbonyl (C=O) groups is 1. The molecule has 1 atom stereocenters. The third-order valence-corrected chi connectivity index (χ3v) is 5.06. The molecule has 2 heterocycles. The van der Waals surface area contributed by atoms with Crippen LogP contribution in [0.25, 0.3) is 0 Å². The van der Waals surface area contributed by atoms with Gasteiger partial charge < -0.3 is 5.32 Å². The van der Waals surface area contributed by atoms with Gasteiger partial charge in [-0.05, 0) is 37.8 Å². The summed E-state index contributed by atoms with van der Waals surface area (Å²) in [6.07, 6.45) is 4.27. The first-order chi connectivity index (χ1) is 10.2. The summed E-state index contributed by atoms with van der Waals surface area (Å²) in [6, 6.07) is 3.96. The Balaban J connectivity index is 1.41. The average molecular weight is 325 g/mol. The molecule has 2 N–H and O–H groups in total. The molecule has 0 bridgehead atoms. The van der Waals surface area contributed by atoms with Crippen LogP contribution in [-0.2, 0) is 24.1 Å². The van der Waals surface area contributed by atoms with Crippen molar-refractivity contribution in [3.63, 3.8) is 0 Å². The van der Waals surface area contributed by atoms with Gasteiger partial charge in [-0.1, -0.05) is 11.6 Å². The fraction of sp³-hybridized carbons (Fsp3) is 0.500. The van der Waals surface area contributed by atoms with E-state index >= 15 is 0 Å². The molecule has 21 heavy (non-hydrogen) atoms. The Kier molecular flexibility index (Phi) is 4.55. The first-order valence-electron chi connectivity index (χ1n) is 7.13. The first-order valence-corrected chi connectivity index (χ1v) is 8.32. The van der Waals surface area contributed by atoms with Gasteiger partial charge in [0.25, 0.3) is 0 Å². The van der Waals surface area contributed by atoms with E-state index in [1.165, 1.54) is 4.88 Å². The van der Waals surface area contributed by atoms with Crippen LogP contribution in [0.2, 0.25) is 4.34 Å². The quantitative estimate of drug-likeness (QED) is 0.829. The fourth-order valence-electron chi connectivity index (χ4n) is 2.61. The van der Waals surface area contributed by atoms with Gasteiger partial charge >= 0.3 is 0 Å². The number of aromatic nitrogens is 3. The zero-order valence-electron chi connectivity index (χ0n) is 11.6. The van der Waals surface area contributed by atoms with E-state index in [1.807, 2.05) is 12.1 Å². The molecule has 2 aromatic heterocycles. The van der Waals surface area contributed by atoms with Crippen molar-refractivity contribution in [2.24, 2.45) is 5.92 Å². The molecule has 2 aromatic rings. The summed E-state index contributed by atoms with van der Waals surface area (Å²) >= 11 is 7.49. The second kappa shape index (κ2) is 6.58. The minimum Gasteiger partial charge on any atom is -0.356 e. The minimum atomic E-state index is 0.0267. The maximum Gasteiger partial charge on any atom is 0.223 e. The van der Waals surface area contributed by atoms with Gasteiger partial charge in [0, 0.05) is 23.8 Å². The second-order valence-corrected chi connectivity index (χ2v) is 7.06. The van der Waals surface area contributed by atoms with Crippen molar-refractivity contribution in [1.82, 2.24) is 20.7 Å². The van der Waals surface area contributed by atoms with Crippen LogP contribution in [0.5, 0.6) is 0 Å². The number of H-pyrrole nitrogens is 1. The number of hydrogen-bond donors (Lipinski definition) is 2. The molecule has 1 aliphatic carbocycles. The van der Waals surface area contributed by atoms with Crippen molar-refractivity contribution >= 4 is 28.8 Å². The van der Waals surface area contributed by atoms with Crippen LogP contribution in [0.15, 0.2) is 12.1 Å². The van der Waals surface area contributed by atoms with E-state index in [2.05, 4.69) is 20.7 Å². The standard InChI is InChI=1S/C14H17ClN4OS/c15-13-6-4-10(21-13)2-1-7-16-14(20)9-3-5-11-12(8-9)18-19-17-11/h4,6,9H,1-3,5,7-8H2,(H,16,20)(H,17,18,19)/t9-/m0/s1. The predicted molar refractivity (Wildman–Crippen MR) is 82.6 cm³/mol. The van der Waals surface area contributed by atoms with Crippen molar-refractivity contribution in [2.45, 2.75) is 32.1 Å². The zero-order valence-corrected chi connectivity index (χ0v) is 13.1. The summed E-state index contributed by atoms with van der Waals surface area (Å²) in [5.41, 5.74) is 1.95. The molecule has 0 fully saturated rings. The summed E-state index contributed by atoms with van der Waals surface area (Å²) in [5, 5.41) is 13.8. The number of halogens is 1. The molecule has 7 heteroatoms. The van der Waals surface area contributed by atoms with Crippen LogP contribution in [-0.4, -0.2) is 27.9 Å². The average Bonchev–Trinajstić information content (AvgIpc) is 3.11. The van der Waals surface area contributed by atoms with E-state index in [-0.39, 0.29) is 11.8 Å². The molecule has 112 valence electrons. The molecule has 0 saturated heterocycles. The Hall–Kier alpha value is -1.40. The highest BCUT2D eigenvalue weighted by molar-refractivity contribution is 7.16. The van der Waals surface area contributed by atoms with Gasteiger partial charge in [-0.25, -0.2) is 0 Å².